The zero-order valence-electron chi connectivity index (χ0n) is 15.6. The fourth-order valence-electron chi connectivity index (χ4n) is 3.46. The number of hydrogen-bond acceptors (Lipinski definition) is 3. The van der Waals surface area contributed by atoms with Crippen LogP contribution < -0.4 is 5.56 Å². The van der Waals surface area contributed by atoms with Crippen LogP contribution in [-0.4, -0.2) is 14.5 Å². The molecule has 0 atom stereocenters. The van der Waals surface area contributed by atoms with Gasteiger partial charge in [-0.15, -0.1) is 0 Å². The van der Waals surface area contributed by atoms with Crippen LogP contribution >= 0.6 is 11.8 Å². The molecule has 2 heterocycles. The molecular weight excluding hydrogens is 404 g/mol. The Labute approximate surface area is 174 Å². The van der Waals surface area contributed by atoms with Gasteiger partial charge in [-0.05, 0) is 35.9 Å². The average molecular weight is 419 g/mol. The highest BCUT2D eigenvalue weighted by atomic mass is 32.2. The van der Waals surface area contributed by atoms with Crippen molar-refractivity contribution in [3.8, 4) is 5.69 Å². The molecule has 0 saturated heterocycles. The second kappa shape index (κ2) is 7.42. The minimum Gasteiger partial charge on any atom is -0.349 e. The number of nitrogens with zero attached hydrogens (tertiary/aromatic N) is 2. The maximum Gasteiger partial charge on any atom is 0.283 e. The summed E-state index contributed by atoms with van der Waals surface area (Å²) in [6.45, 7) is 0. The number of nitrogens with one attached hydrogen (secondary N) is 1. The Morgan fingerprint density at radius 2 is 1.77 bits per heavy atom. The lowest BCUT2D eigenvalue weighted by atomic mass is 10.2. The highest BCUT2D eigenvalue weighted by Gasteiger charge is 2.19. The van der Waals surface area contributed by atoms with Crippen LogP contribution in [0.1, 0.15) is 5.56 Å². The molecule has 0 amide bonds. The molecule has 0 bridgehead atoms. The first-order valence-corrected chi connectivity index (χ1v) is 10.3. The summed E-state index contributed by atoms with van der Waals surface area (Å²) < 4.78 is 29.4. The highest BCUT2D eigenvalue weighted by Crippen LogP contribution is 2.28. The van der Waals surface area contributed by atoms with Gasteiger partial charge in [0.25, 0.3) is 5.56 Å². The van der Waals surface area contributed by atoms with Gasteiger partial charge in [0.15, 0.2) is 5.16 Å². The molecule has 0 spiro atoms. The number of aromatic amines is 1. The minimum absolute atomic E-state index is 0.122. The van der Waals surface area contributed by atoms with Gasteiger partial charge in [-0.1, -0.05) is 54.2 Å². The van der Waals surface area contributed by atoms with E-state index in [4.69, 9.17) is 4.98 Å². The first-order valence-electron chi connectivity index (χ1n) is 9.27. The smallest absolute Gasteiger partial charge is 0.283 e. The third-order valence-corrected chi connectivity index (χ3v) is 5.85. The fraction of sp³-hybridized carbons (Fsp3) is 0.0435. The van der Waals surface area contributed by atoms with Gasteiger partial charge < -0.3 is 4.98 Å². The topological polar surface area (TPSA) is 50.7 Å². The lowest BCUT2D eigenvalue weighted by Crippen LogP contribution is -2.22. The number of rotatable bonds is 4. The van der Waals surface area contributed by atoms with E-state index in [1.54, 1.807) is 30.3 Å². The van der Waals surface area contributed by atoms with Crippen LogP contribution in [0.5, 0.6) is 0 Å². The predicted octanol–water partition coefficient (Wildman–Crippen LogP) is 5.44. The Bertz CT molecular complexity index is 1460. The van der Waals surface area contributed by atoms with Crippen molar-refractivity contribution in [3.63, 3.8) is 0 Å². The van der Waals surface area contributed by atoms with E-state index in [0.29, 0.717) is 21.9 Å². The van der Waals surface area contributed by atoms with Crippen molar-refractivity contribution in [3.05, 3.63) is 100 Å². The Morgan fingerprint density at radius 1 is 0.967 bits per heavy atom. The third kappa shape index (κ3) is 3.17. The molecule has 0 aliphatic heterocycles. The lowest BCUT2D eigenvalue weighted by molar-refractivity contribution is 0.608. The molecule has 0 aliphatic rings. The summed E-state index contributed by atoms with van der Waals surface area (Å²) in [6, 6.07) is 19.8. The van der Waals surface area contributed by atoms with Crippen LogP contribution in [0.2, 0.25) is 0 Å². The third-order valence-electron chi connectivity index (χ3n) is 4.84. The van der Waals surface area contributed by atoms with Crippen LogP contribution in [0.4, 0.5) is 8.78 Å². The van der Waals surface area contributed by atoms with E-state index in [2.05, 4.69) is 4.98 Å². The van der Waals surface area contributed by atoms with E-state index in [0.717, 1.165) is 16.5 Å². The Morgan fingerprint density at radius 3 is 2.60 bits per heavy atom. The Balaban J connectivity index is 1.73. The fourth-order valence-corrected chi connectivity index (χ4v) is 4.40. The summed E-state index contributed by atoms with van der Waals surface area (Å²) in [7, 11) is 0. The molecule has 148 valence electrons. The molecule has 1 N–H and O–H groups in total. The normalized spacial score (nSPS) is 11.4. The second-order valence-corrected chi connectivity index (χ2v) is 7.74. The number of hydrogen-bond donors (Lipinski definition) is 1. The largest absolute Gasteiger partial charge is 0.349 e. The maximum atomic E-state index is 14.6. The molecule has 7 heteroatoms. The number of fused-ring (bicyclic) bond motifs is 3. The molecule has 5 aromatic rings. The molecule has 0 radical (unpaired) electrons. The quantitative estimate of drug-likeness (QED) is 0.312. The monoisotopic (exact) mass is 419 g/mol. The first-order chi connectivity index (χ1) is 14.6. The number of para-hydroxylation sites is 2. The summed E-state index contributed by atoms with van der Waals surface area (Å²) in [5.74, 6) is -0.476. The SMILES string of the molecule is O=c1c2[nH]c3ccccc3c2nc(SCc2cccc(F)c2)n1-c1ccccc1F. The van der Waals surface area contributed by atoms with Crippen molar-refractivity contribution in [2.75, 3.05) is 0 Å². The molecule has 0 saturated carbocycles. The van der Waals surface area contributed by atoms with Crippen LogP contribution in [-0.2, 0) is 5.75 Å². The minimum atomic E-state index is -0.524. The van der Waals surface area contributed by atoms with Crippen LogP contribution in [0.3, 0.4) is 0 Å². The lowest BCUT2D eigenvalue weighted by Gasteiger charge is -2.13. The van der Waals surface area contributed by atoms with Gasteiger partial charge in [0.2, 0.25) is 0 Å². The van der Waals surface area contributed by atoms with Crippen molar-refractivity contribution in [2.45, 2.75) is 10.9 Å². The van der Waals surface area contributed by atoms with E-state index in [-0.39, 0.29) is 17.1 Å². The summed E-state index contributed by atoms with van der Waals surface area (Å²) in [5.41, 5.74) is 2.11. The van der Waals surface area contributed by atoms with Gasteiger partial charge in [-0.3, -0.25) is 9.36 Å². The zero-order valence-corrected chi connectivity index (χ0v) is 16.4. The second-order valence-electron chi connectivity index (χ2n) is 6.80. The van der Waals surface area contributed by atoms with Gasteiger partial charge in [-0.2, -0.15) is 0 Å². The van der Waals surface area contributed by atoms with E-state index in [9.17, 15) is 13.6 Å². The van der Waals surface area contributed by atoms with E-state index in [1.165, 1.54) is 34.5 Å². The molecule has 0 unspecified atom stereocenters. The molecule has 3 aromatic carbocycles. The van der Waals surface area contributed by atoms with E-state index >= 15 is 0 Å². The average Bonchev–Trinajstić information content (AvgIpc) is 3.12. The van der Waals surface area contributed by atoms with Gasteiger partial charge in [0.1, 0.15) is 22.7 Å². The first kappa shape index (κ1) is 18.6. The number of H-pyrrole nitrogens is 1. The number of thioether (sulfide) groups is 1. The number of halogens is 2. The summed E-state index contributed by atoms with van der Waals surface area (Å²) in [6.07, 6.45) is 0. The molecular formula is C23H15F2N3OS. The predicted molar refractivity (Wildman–Crippen MR) is 115 cm³/mol. The van der Waals surface area contributed by atoms with Crippen molar-refractivity contribution >= 4 is 33.7 Å². The molecule has 5 rings (SSSR count). The summed E-state index contributed by atoms with van der Waals surface area (Å²) >= 11 is 1.26. The molecule has 0 aliphatic carbocycles. The van der Waals surface area contributed by atoms with E-state index < -0.39 is 5.82 Å². The van der Waals surface area contributed by atoms with Crippen LogP contribution in [0.25, 0.3) is 27.6 Å². The van der Waals surface area contributed by atoms with Gasteiger partial charge in [-0.25, -0.2) is 13.8 Å². The number of benzene rings is 3. The van der Waals surface area contributed by atoms with Crippen molar-refractivity contribution in [1.82, 2.24) is 14.5 Å². The standard InChI is InChI=1S/C23H15F2N3OS/c24-15-7-5-6-14(12-15)13-30-23-27-20-16-8-1-3-10-18(16)26-21(20)22(29)28(23)19-11-4-2-9-17(19)25/h1-12,26H,13H2. The van der Waals surface area contributed by atoms with E-state index in [1.807, 2.05) is 24.3 Å². The van der Waals surface area contributed by atoms with Crippen molar-refractivity contribution < 1.29 is 8.78 Å². The van der Waals surface area contributed by atoms with Gasteiger partial charge in [0.05, 0.1) is 5.69 Å². The summed E-state index contributed by atoms with van der Waals surface area (Å²) in [5, 5.41) is 1.16. The summed E-state index contributed by atoms with van der Waals surface area (Å²) in [4.78, 5) is 21.2. The maximum absolute atomic E-state index is 14.6. The number of aromatic nitrogens is 3. The van der Waals surface area contributed by atoms with Crippen molar-refractivity contribution in [1.29, 1.82) is 0 Å². The van der Waals surface area contributed by atoms with Crippen LogP contribution in [0.15, 0.2) is 82.7 Å². The highest BCUT2D eigenvalue weighted by molar-refractivity contribution is 7.98. The van der Waals surface area contributed by atoms with Gasteiger partial charge >= 0.3 is 0 Å². The van der Waals surface area contributed by atoms with Crippen molar-refractivity contribution in [2.24, 2.45) is 0 Å². The molecule has 4 nitrogen and oxygen atoms in total. The molecule has 2 aromatic heterocycles. The van der Waals surface area contributed by atoms with Crippen LogP contribution in [0, 0.1) is 11.6 Å². The molecule has 30 heavy (non-hydrogen) atoms. The zero-order chi connectivity index (χ0) is 20.7. The Hall–Kier alpha value is -3.45. The Kier molecular flexibility index (Phi) is 4.59. The molecule has 0 fully saturated rings. The van der Waals surface area contributed by atoms with Gasteiger partial charge in [0, 0.05) is 16.7 Å².